The number of hydrogen-bond donors (Lipinski definition) is 4. The van der Waals surface area contributed by atoms with Gasteiger partial charge in [0.2, 0.25) is 0 Å². The van der Waals surface area contributed by atoms with E-state index in [1.54, 1.807) is 25.3 Å². The lowest BCUT2D eigenvalue weighted by molar-refractivity contribution is 0.102. The molecule has 0 aliphatic rings. The molecule has 0 aromatic heterocycles. The minimum Gasteiger partial charge on any atom is -0.495 e. The van der Waals surface area contributed by atoms with Gasteiger partial charge < -0.3 is 21.1 Å². The molecule has 0 saturated carbocycles. The highest BCUT2D eigenvalue weighted by Gasteiger charge is 2.12. The highest BCUT2D eigenvalue weighted by atomic mass is 32.1. The Morgan fingerprint density at radius 3 is 2.68 bits per heavy atom. The fourth-order valence-electron chi connectivity index (χ4n) is 2.37. The molecule has 1 atom stereocenters. The lowest BCUT2D eigenvalue weighted by Crippen LogP contribution is -2.30. The number of carbonyl (C=O) groups is 1. The maximum absolute atomic E-state index is 12.6. The number of benzene rings is 2. The predicted molar refractivity (Wildman–Crippen MR) is 107 cm³/mol. The zero-order chi connectivity index (χ0) is 18.4. The van der Waals surface area contributed by atoms with Crippen molar-refractivity contribution in [1.29, 1.82) is 0 Å². The molecular weight excluding hydrogens is 334 g/mol. The molecule has 0 heterocycles. The van der Waals surface area contributed by atoms with Crippen LogP contribution in [-0.2, 0) is 0 Å². The Hall–Kier alpha value is -2.18. The van der Waals surface area contributed by atoms with Crippen LogP contribution in [-0.4, -0.2) is 31.4 Å². The molecular formula is C19H25N3O2S. The van der Waals surface area contributed by atoms with Gasteiger partial charge in [-0.25, -0.2) is 0 Å². The van der Waals surface area contributed by atoms with Gasteiger partial charge in [0, 0.05) is 29.6 Å². The van der Waals surface area contributed by atoms with Crippen LogP contribution in [0.3, 0.4) is 0 Å². The third-order valence-electron chi connectivity index (χ3n) is 4.10. The normalized spacial score (nSPS) is 11.7. The van der Waals surface area contributed by atoms with E-state index in [9.17, 15) is 4.79 Å². The maximum Gasteiger partial charge on any atom is 0.255 e. The number of nitrogens with one attached hydrogen (secondary N) is 2. The van der Waals surface area contributed by atoms with E-state index in [2.05, 4.69) is 23.3 Å². The van der Waals surface area contributed by atoms with Gasteiger partial charge in [0.25, 0.3) is 5.91 Å². The molecule has 0 bridgehead atoms. The second kappa shape index (κ2) is 8.78. The summed E-state index contributed by atoms with van der Waals surface area (Å²) in [5.74, 6) is 1.06. The van der Waals surface area contributed by atoms with Crippen LogP contribution in [0.4, 0.5) is 11.4 Å². The van der Waals surface area contributed by atoms with Crippen molar-refractivity contribution in [3.8, 4) is 5.75 Å². The molecule has 0 aliphatic carbocycles. The number of carbonyl (C=O) groups excluding carboxylic acids is 1. The minimum atomic E-state index is -0.169. The summed E-state index contributed by atoms with van der Waals surface area (Å²) in [6.07, 6.45) is 0. The van der Waals surface area contributed by atoms with Crippen LogP contribution in [0.5, 0.6) is 5.75 Å². The Morgan fingerprint density at radius 2 is 2.00 bits per heavy atom. The molecule has 0 radical (unpaired) electrons. The van der Waals surface area contributed by atoms with Gasteiger partial charge in [0.05, 0.1) is 12.8 Å². The number of nitrogens with two attached hydrogens (primary N) is 1. The highest BCUT2D eigenvalue weighted by Crippen LogP contribution is 2.26. The molecule has 2 aromatic rings. The Labute approximate surface area is 154 Å². The van der Waals surface area contributed by atoms with E-state index in [1.165, 1.54) is 0 Å². The molecule has 0 spiro atoms. The number of ether oxygens (including phenoxy) is 1. The second-order valence-electron chi connectivity index (χ2n) is 5.94. The number of rotatable bonds is 7. The Balaban J connectivity index is 2.20. The van der Waals surface area contributed by atoms with E-state index in [-0.39, 0.29) is 11.9 Å². The van der Waals surface area contributed by atoms with Crippen LogP contribution in [0, 0.1) is 13.8 Å². The fraction of sp³-hybridized carbons (Fsp3) is 0.316. The average Bonchev–Trinajstić information content (AvgIpc) is 2.63. The van der Waals surface area contributed by atoms with Gasteiger partial charge in [0.15, 0.2) is 0 Å². The first-order valence-corrected chi connectivity index (χ1v) is 8.75. The summed E-state index contributed by atoms with van der Waals surface area (Å²) in [6.45, 7) is 4.55. The number of anilines is 2. The van der Waals surface area contributed by atoms with Crippen LogP contribution in [0.25, 0.3) is 0 Å². The largest absolute Gasteiger partial charge is 0.495 e. The SMILES string of the molecule is COc1ccc(C(=O)Nc2cccc(C)c2C)cc1NC[C@@H](N)CS. The second-order valence-corrected chi connectivity index (χ2v) is 6.31. The standard InChI is InChI=1S/C19H25N3O2S/c1-12-5-4-6-16(13(12)2)22-19(23)14-7-8-18(24-3)17(9-14)21-10-15(20)11-25/h4-9,15,21,25H,10-11,20H2,1-3H3,(H,22,23)/t15-/m1/s1. The average molecular weight is 359 g/mol. The Bertz CT molecular complexity index is 749. The topological polar surface area (TPSA) is 76.4 Å². The van der Waals surface area contributed by atoms with Crippen molar-refractivity contribution in [1.82, 2.24) is 0 Å². The molecule has 4 N–H and O–H groups in total. The first kappa shape index (κ1) is 19.1. The summed E-state index contributed by atoms with van der Waals surface area (Å²) in [5.41, 5.74) is 10.2. The maximum atomic E-state index is 12.6. The van der Waals surface area contributed by atoms with Crippen LogP contribution >= 0.6 is 12.6 Å². The van der Waals surface area contributed by atoms with Crippen LogP contribution < -0.4 is 21.1 Å². The molecule has 1 amide bonds. The molecule has 5 nitrogen and oxygen atoms in total. The first-order valence-electron chi connectivity index (χ1n) is 8.12. The van der Waals surface area contributed by atoms with Crippen LogP contribution in [0.1, 0.15) is 21.5 Å². The number of thiol groups is 1. The number of hydrogen-bond acceptors (Lipinski definition) is 5. The number of amides is 1. The van der Waals surface area contributed by atoms with Crippen molar-refractivity contribution in [2.45, 2.75) is 19.9 Å². The lowest BCUT2D eigenvalue weighted by Gasteiger charge is -2.16. The molecule has 0 saturated heterocycles. The molecule has 6 heteroatoms. The van der Waals surface area contributed by atoms with E-state index >= 15 is 0 Å². The number of methoxy groups -OCH3 is 1. The van der Waals surface area contributed by atoms with E-state index in [0.29, 0.717) is 23.6 Å². The molecule has 134 valence electrons. The van der Waals surface area contributed by atoms with Gasteiger partial charge in [-0.05, 0) is 49.2 Å². The fourth-order valence-corrected chi connectivity index (χ4v) is 2.50. The summed E-state index contributed by atoms with van der Waals surface area (Å²) in [5, 5.41) is 6.18. The van der Waals surface area contributed by atoms with Crippen LogP contribution in [0.15, 0.2) is 36.4 Å². The zero-order valence-corrected chi connectivity index (χ0v) is 15.7. The van der Waals surface area contributed by atoms with Crippen molar-refractivity contribution in [2.75, 3.05) is 30.0 Å². The Kier molecular flexibility index (Phi) is 6.73. The van der Waals surface area contributed by atoms with E-state index in [0.717, 1.165) is 22.5 Å². The molecule has 2 rings (SSSR count). The molecule has 0 fully saturated rings. The van der Waals surface area contributed by atoms with Crippen molar-refractivity contribution >= 4 is 29.9 Å². The van der Waals surface area contributed by atoms with Gasteiger partial charge in [0.1, 0.15) is 5.75 Å². The molecule has 25 heavy (non-hydrogen) atoms. The molecule has 2 aromatic carbocycles. The van der Waals surface area contributed by atoms with E-state index in [4.69, 9.17) is 10.5 Å². The summed E-state index contributed by atoms with van der Waals surface area (Å²) >= 11 is 4.18. The van der Waals surface area contributed by atoms with Crippen molar-refractivity contribution in [3.05, 3.63) is 53.1 Å². The van der Waals surface area contributed by atoms with Crippen molar-refractivity contribution < 1.29 is 9.53 Å². The first-order chi connectivity index (χ1) is 12.0. The Morgan fingerprint density at radius 1 is 1.24 bits per heavy atom. The van der Waals surface area contributed by atoms with E-state index < -0.39 is 0 Å². The van der Waals surface area contributed by atoms with Crippen molar-refractivity contribution in [3.63, 3.8) is 0 Å². The van der Waals surface area contributed by atoms with Crippen molar-refractivity contribution in [2.24, 2.45) is 5.73 Å². The van der Waals surface area contributed by atoms with Gasteiger partial charge in [-0.1, -0.05) is 12.1 Å². The summed E-state index contributed by atoms with van der Waals surface area (Å²) in [6, 6.07) is 11.0. The predicted octanol–water partition coefficient (Wildman–Crippen LogP) is 3.23. The monoisotopic (exact) mass is 359 g/mol. The molecule has 0 aliphatic heterocycles. The third kappa shape index (κ3) is 4.90. The van der Waals surface area contributed by atoms with Crippen LogP contribution in [0.2, 0.25) is 0 Å². The van der Waals surface area contributed by atoms with E-state index in [1.807, 2.05) is 32.0 Å². The third-order valence-corrected chi connectivity index (χ3v) is 4.57. The summed E-state index contributed by atoms with van der Waals surface area (Å²) in [4.78, 5) is 12.6. The zero-order valence-electron chi connectivity index (χ0n) is 14.8. The quantitative estimate of drug-likeness (QED) is 0.573. The molecule has 0 unspecified atom stereocenters. The lowest BCUT2D eigenvalue weighted by atomic mass is 10.1. The smallest absolute Gasteiger partial charge is 0.255 e. The van der Waals surface area contributed by atoms with Gasteiger partial charge in [-0.2, -0.15) is 12.6 Å². The summed E-state index contributed by atoms with van der Waals surface area (Å²) < 4.78 is 5.35. The van der Waals surface area contributed by atoms with Gasteiger partial charge in [-0.3, -0.25) is 4.79 Å². The van der Waals surface area contributed by atoms with Gasteiger partial charge >= 0.3 is 0 Å². The minimum absolute atomic E-state index is 0.0829. The van der Waals surface area contributed by atoms with Gasteiger partial charge in [-0.15, -0.1) is 0 Å². The highest BCUT2D eigenvalue weighted by molar-refractivity contribution is 7.80. The number of aryl methyl sites for hydroxylation is 1. The summed E-state index contributed by atoms with van der Waals surface area (Å²) in [7, 11) is 1.59.